The van der Waals surface area contributed by atoms with Crippen molar-refractivity contribution < 1.29 is 4.74 Å². The van der Waals surface area contributed by atoms with Gasteiger partial charge in [-0.25, -0.2) is 0 Å². The molecule has 5 nitrogen and oxygen atoms in total. The Morgan fingerprint density at radius 1 is 1.43 bits per heavy atom. The quantitative estimate of drug-likeness (QED) is 0.830. The van der Waals surface area contributed by atoms with Crippen molar-refractivity contribution in [1.82, 2.24) is 9.80 Å². The number of benzene rings is 1. The van der Waals surface area contributed by atoms with E-state index in [-0.39, 0.29) is 6.04 Å². The number of ether oxygens (including phenoxy) is 1. The standard InChI is InChI=1S/C16H26N4O/c1-4-10-21-14-7-5-6-13(11-14)15-12-18-16(17)20(15)9-8-19(2)3/h5-7,11,15H,4,8-10,12H2,1-3H3,(H2,17,18). The van der Waals surface area contributed by atoms with Crippen LogP contribution in [0.1, 0.15) is 24.9 Å². The Morgan fingerprint density at radius 3 is 2.95 bits per heavy atom. The van der Waals surface area contributed by atoms with E-state index < -0.39 is 0 Å². The lowest BCUT2D eigenvalue weighted by Crippen LogP contribution is -2.40. The maximum absolute atomic E-state index is 6.04. The zero-order chi connectivity index (χ0) is 15.2. The number of hydrogen-bond acceptors (Lipinski definition) is 5. The van der Waals surface area contributed by atoms with Crippen LogP contribution in [0.5, 0.6) is 5.75 Å². The van der Waals surface area contributed by atoms with Crippen LogP contribution in [0, 0.1) is 0 Å². The van der Waals surface area contributed by atoms with Gasteiger partial charge >= 0.3 is 0 Å². The van der Waals surface area contributed by atoms with Gasteiger partial charge in [0.05, 0.1) is 19.2 Å². The summed E-state index contributed by atoms with van der Waals surface area (Å²) in [6.07, 6.45) is 1.01. The van der Waals surface area contributed by atoms with E-state index in [1.807, 2.05) is 12.1 Å². The molecule has 116 valence electrons. The van der Waals surface area contributed by atoms with Crippen molar-refractivity contribution in [3.8, 4) is 5.75 Å². The molecule has 0 saturated heterocycles. The third kappa shape index (κ3) is 4.11. The number of hydrogen-bond donors (Lipinski definition) is 1. The third-order valence-electron chi connectivity index (χ3n) is 3.60. The second-order valence-corrected chi connectivity index (χ2v) is 5.63. The van der Waals surface area contributed by atoms with Gasteiger partial charge in [0.2, 0.25) is 0 Å². The van der Waals surface area contributed by atoms with Gasteiger partial charge in [-0.1, -0.05) is 19.1 Å². The summed E-state index contributed by atoms with van der Waals surface area (Å²) in [5.41, 5.74) is 7.25. The molecule has 0 aliphatic carbocycles. The molecule has 0 aromatic heterocycles. The molecular formula is C16H26N4O. The van der Waals surface area contributed by atoms with Crippen molar-refractivity contribution in [1.29, 1.82) is 0 Å². The van der Waals surface area contributed by atoms with Crippen molar-refractivity contribution >= 4 is 5.96 Å². The Bertz CT molecular complexity index is 487. The van der Waals surface area contributed by atoms with Gasteiger partial charge < -0.3 is 20.3 Å². The lowest BCUT2D eigenvalue weighted by Gasteiger charge is -2.28. The smallest absolute Gasteiger partial charge is 0.191 e. The molecular weight excluding hydrogens is 264 g/mol. The van der Waals surface area contributed by atoms with Gasteiger partial charge in [-0.2, -0.15) is 0 Å². The van der Waals surface area contributed by atoms with E-state index in [9.17, 15) is 0 Å². The lowest BCUT2D eigenvalue weighted by molar-refractivity contribution is 0.290. The van der Waals surface area contributed by atoms with Gasteiger partial charge in [-0.05, 0) is 38.2 Å². The minimum atomic E-state index is 0.218. The van der Waals surface area contributed by atoms with Gasteiger partial charge in [-0.15, -0.1) is 0 Å². The molecule has 0 fully saturated rings. The van der Waals surface area contributed by atoms with Crippen LogP contribution in [0.4, 0.5) is 0 Å². The maximum Gasteiger partial charge on any atom is 0.191 e. The average molecular weight is 290 g/mol. The number of rotatable bonds is 7. The van der Waals surface area contributed by atoms with E-state index in [1.165, 1.54) is 5.56 Å². The molecule has 0 bridgehead atoms. The molecule has 0 saturated carbocycles. The third-order valence-corrected chi connectivity index (χ3v) is 3.60. The molecule has 0 radical (unpaired) electrons. The molecule has 0 amide bonds. The number of nitrogens with two attached hydrogens (primary N) is 1. The van der Waals surface area contributed by atoms with Crippen molar-refractivity contribution in [2.45, 2.75) is 19.4 Å². The maximum atomic E-state index is 6.04. The van der Waals surface area contributed by atoms with E-state index in [1.54, 1.807) is 0 Å². The summed E-state index contributed by atoms with van der Waals surface area (Å²) in [5.74, 6) is 1.56. The van der Waals surface area contributed by atoms with E-state index in [4.69, 9.17) is 10.5 Å². The van der Waals surface area contributed by atoms with Crippen LogP contribution in [0.15, 0.2) is 29.3 Å². The second kappa shape index (κ2) is 7.31. The molecule has 1 aliphatic heterocycles. The summed E-state index contributed by atoms with van der Waals surface area (Å²) in [4.78, 5) is 8.74. The minimum absolute atomic E-state index is 0.218. The fourth-order valence-electron chi connectivity index (χ4n) is 2.42. The highest BCUT2D eigenvalue weighted by Gasteiger charge is 2.27. The van der Waals surface area contributed by atoms with Crippen LogP contribution >= 0.6 is 0 Å². The zero-order valence-electron chi connectivity index (χ0n) is 13.2. The first-order valence-corrected chi connectivity index (χ1v) is 7.56. The average Bonchev–Trinajstić information content (AvgIpc) is 2.84. The van der Waals surface area contributed by atoms with Crippen LogP contribution in [0.2, 0.25) is 0 Å². The normalized spacial score (nSPS) is 18.2. The molecule has 21 heavy (non-hydrogen) atoms. The van der Waals surface area contributed by atoms with Crippen LogP contribution in [0.25, 0.3) is 0 Å². The molecule has 5 heteroatoms. The molecule has 2 rings (SSSR count). The lowest BCUT2D eigenvalue weighted by atomic mass is 10.1. The van der Waals surface area contributed by atoms with Crippen LogP contribution < -0.4 is 10.5 Å². The monoisotopic (exact) mass is 290 g/mol. The SMILES string of the molecule is CCCOc1cccc(C2CN=C(N)N2CCN(C)C)c1. The minimum Gasteiger partial charge on any atom is -0.494 e. The molecule has 1 aromatic rings. The van der Waals surface area contributed by atoms with Gasteiger partial charge in [-0.3, -0.25) is 4.99 Å². The van der Waals surface area contributed by atoms with E-state index in [2.05, 4.69) is 47.9 Å². The number of aliphatic imine (C=N–C) groups is 1. The molecule has 1 aromatic carbocycles. The predicted molar refractivity (Wildman–Crippen MR) is 86.7 cm³/mol. The van der Waals surface area contributed by atoms with Gasteiger partial charge in [0.25, 0.3) is 0 Å². The first-order valence-electron chi connectivity index (χ1n) is 7.56. The van der Waals surface area contributed by atoms with Crippen molar-refractivity contribution in [3.63, 3.8) is 0 Å². The molecule has 1 aliphatic rings. The van der Waals surface area contributed by atoms with E-state index in [0.717, 1.165) is 38.4 Å². The van der Waals surface area contributed by atoms with Crippen LogP contribution in [-0.2, 0) is 0 Å². The molecule has 2 N–H and O–H groups in total. The molecule has 1 unspecified atom stereocenters. The Hall–Kier alpha value is -1.75. The Kier molecular flexibility index (Phi) is 5.44. The number of guanidine groups is 1. The van der Waals surface area contributed by atoms with Crippen molar-refractivity contribution in [3.05, 3.63) is 29.8 Å². The summed E-state index contributed by atoms with van der Waals surface area (Å²) in [6, 6.07) is 8.49. The highest BCUT2D eigenvalue weighted by Crippen LogP contribution is 2.27. The highest BCUT2D eigenvalue weighted by atomic mass is 16.5. The fourth-order valence-corrected chi connectivity index (χ4v) is 2.42. The van der Waals surface area contributed by atoms with Crippen LogP contribution in [-0.4, -0.2) is 56.1 Å². The second-order valence-electron chi connectivity index (χ2n) is 5.63. The van der Waals surface area contributed by atoms with Gasteiger partial charge in [0.15, 0.2) is 5.96 Å². The van der Waals surface area contributed by atoms with E-state index in [0.29, 0.717) is 5.96 Å². The summed E-state index contributed by atoms with van der Waals surface area (Å²) in [6.45, 7) is 5.41. The summed E-state index contributed by atoms with van der Waals surface area (Å²) in [7, 11) is 4.13. The summed E-state index contributed by atoms with van der Waals surface area (Å²) >= 11 is 0. The van der Waals surface area contributed by atoms with Crippen LogP contribution in [0.3, 0.4) is 0 Å². The Morgan fingerprint density at radius 2 is 2.24 bits per heavy atom. The largest absolute Gasteiger partial charge is 0.494 e. The van der Waals surface area contributed by atoms with Crippen molar-refractivity contribution in [2.75, 3.05) is 40.3 Å². The predicted octanol–water partition coefficient (Wildman–Crippen LogP) is 1.71. The summed E-state index contributed by atoms with van der Waals surface area (Å²) < 4.78 is 5.72. The Labute approximate surface area is 127 Å². The van der Waals surface area contributed by atoms with E-state index >= 15 is 0 Å². The zero-order valence-corrected chi connectivity index (χ0v) is 13.2. The first kappa shape index (κ1) is 15.6. The Balaban J connectivity index is 2.09. The fraction of sp³-hybridized carbons (Fsp3) is 0.562. The van der Waals surface area contributed by atoms with Gasteiger partial charge in [0, 0.05) is 13.1 Å². The highest BCUT2D eigenvalue weighted by molar-refractivity contribution is 5.80. The molecule has 1 heterocycles. The molecule has 0 spiro atoms. The topological polar surface area (TPSA) is 54.1 Å². The first-order chi connectivity index (χ1) is 10.1. The summed E-state index contributed by atoms with van der Waals surface area (Å²) in [5, 5.41) is 0. The number of nitrogens with zero attached hydrogens (tertiary/aromatic N) is 3. The van der Waals surface area contributed by atoms with Gasteiger partial charge in [0.1, 0.15) is 5.75 Å². The molecule has 1 atom stereocenters. The number of likely N-dealkylation sites (N-methyl/N-ethyl adjacent to an activating group) is 1. The van der Waals surface area contributed by atoms with Crippen molar-refractivity contribution in [2.24, 2.45) is 10.7 Å².